The number of carbonyl (C=O) groups excluding carboxylic acids is 1. The van der Waals surface area contributed by atoms with Gasteiger partial charge in [0, 0.05) is 27.5 Å². The molecular weight excluding hydrogens is 554 g/mol. The lowest BCUT2D eigenvalue weighted by Gasteiger charge is -2.17. The normalized spacial score (nSPS) is 12.7. The number of carboxylic acid groups (broad SMARTS) is 1. The average Bonchev–Trinajstić information content (AvgIpc) is 3.34. The van der Waals surface area contributed by atoms with E-state index in [1.807, 2.05) is 91.0 Å². The number of benzene rings is 4. The Labute approximate surface area is 235 Å². The number of para-hydroxylation sites is 1. The van der Waals surface area contributed by atoms with Gasteiger partial charge in [0.15, 0.2) is 6.04 Å². The number of H-pyrrole nitrogens is 1. The first kappa shape index (κ1) is 26.4. The molecule has 0 bridgehead atoms. The van der Waals surface area contributed by atoms with E-state index in [1.54, 1.807) is 12.1 Å². The highest BCUT2D eigenvalue weighted by molar-refractivity contribution is 9.10. The van der Waals surface area contributed by atoms with Crippen LogP contribution < -0.4 is 11.1 Å². The smallest absolute Gasteiger partial charge is 0.330 e. The molecule has 2 atom stereocenters. The second-order valence-electron chi connectivity index (χ2n) is 9.42. The number of aliphatic carboxylic acids is 1. The highest BCUT2D eigenvalue weighted by Crippen LogP contribution is 2.31. The monoisotopic (exact) mass is 581 g/mol. The third kappa shape index (κ3) is 5.95. The average molecular weight is 582 g/mol. The van der Waals surface area contributed by atoms with Gasteiger partial charge in [-0.3, -0.25) is 4.79 Å². The zero-order valence-corrected chi connectivity index (χ0v) is 22.7. The van der Waals surface area contributed by atoms with Crippen molar-refractivity contribution in [2.45, 2.75) is 24.9 Å². The lowest BCUT2D eigenvalue weighted by molar-refractivity contribution is -0.142. The molecule has 6 nitrogen and oxygen atoms in total. The van der Waals surface area contributed by atoms with Crippen LogP contribution in [0.3, 0.4) is 0 Å². The van der Waals surface area contributed by atoms with E-state index < -0.39 is 18.1 Å². The summed E-state index contributed by atoms with van der Waals surface area (Å²) in [7, 11) is 0. The minimum absolute atomic E-state index is 0.119. The van der Waals surface area contributed by atoms with Crippen LogP contribution in [0, 0.1) is 0 Å². The zero-order valence-electron chi connectivity index (χ0n) is 21.1. The van der Waals surface area contributed by atoms with E-state index in [0.717, 1.165) is 43.3 Å². The molecule has 196 valence electrons. The van der Waals surface area contributed by atoms with Crippen molar-refractivity contribution in [3.05, 3.63) is 130 Å². The van der Waals surface area contributed by atoms with Gasteiger partial charge in [0.2, 0.25) is 5.91 Å². The first-order valence-electron chi connectivity index (χ1n) is 12.7. The molecule has 0 radical (unpaired) electrons. The largest absolute Gasteiger partial charge is 0.479 e. The molecule has 0 aliphatic carbocycles. The Hall–Kier alpha value is -4.20. The van der Waals surface area contributed by atoms with Crippen LogP contribution in [-0.4, -0.2) is 22.0 Å². The van der Waals surface area contributed by atoms with Crippen molar-refractivity contribution in [1.29, 1.82) is 0 Å². The van der Waals surface area contributed by atoms with Crippen molar-refractivity contribution in [3.63, 3.8) is 0 Å². The maximum atomic E-state index is 13.0. The van der Waals surface area contributed by atoms with Crippen molar-refractivity contribution in [2.75, 3.05) is 0 Å². The van der Waals surface area contributed by atoms with Crippen LogP contribution in [0.1, 0.15) is 40.9 Å². The molecule has 0 saturated heterocycles. The van der Waals surface area contributed by atoms with Gasteiger partial charge in [-0.2, -0.15) is 0 Å². The molecule has 1 amide bonds. The number of carboxylic acids is 1. The highest BCUT2D eigenvalue weighted by atomic mass is 79.9. The molecule has 4 aromatic carbocycles. The number of aryl methyl sites for hydroxylation is 1. The molecule has 5 rings (SSSR count). The van der Waals surface area contributed by atoms with Gasteiger partial charge in [0.25, 0.3) is 0 Å². The fraction of sp³-hybridized carbons (Fsp3) is 0.125. The van der Waals surface area contributed by atoms with Crippen molar-refractivity contribution in [3.8, 4) is 11.1 Å². The Morgan fingerprint density at radius 1 is 0.821 bits per heavy atom. The van der Waals surface area contributed by atoms with Crippen LogP contribution in [0.15, 0.2) is 108 Å². The highest BCUT2D eigenvalue weighted by Gasteiger charge is 2.24. The fourth-order valence-corrected chi connectivity index (χ4v) is 5.11. The molecule has 5 aromatic rings. The van der Waals surface area contributed by atoms with E-state index >= 15 is 0 Å². The van der Waals surface area contributed by atoms with Gasteiger partial charge in [-0.1, -0.05) is 101 Å². The van der Waals surface area contributed by atoms with Crippen LogP contribution in [0.5, 0.6) is 0 Å². The molecule has 2 unspecified atom stereocenters. The molecule has 7 heteroatoms. The third-order valence-electron chi connectivity index (χ3n) is 6.89. The summed E-state index contributed by atoms with van der Waals surface area (Å²) in [6, 6.07) is 31.2. The van der Waals surface area contributed by atoms with E-state index in [4.69, 9.17) is 5.73 Å². The Balaban J connectivity index is 1.33. The quantitative estimate of drug-likeness (QED) is 0.159. The Morgan fingerprint density at radius 2 is 1.44 bits per heavy atom. The number of amides is 1. The van der Waals surface area contributed by atoms with E-state index in [-0.39, 0.29) is 12.3 Å². The summed E-state index contributed by atoms with van der Waals surface area (Å²) < 4.78 is 0.967. The predicted octanol–water partition coefficient (Wildman–Crippen LogP) is 6.52. The van der Waals surface area contributed by atoms with E-state index in [1.165, 1.54) is 0 Å². The molecule has 0 saturated carbocycles. The summed E-state index contributed by atoms with van der Waals surface area (Å²) in [5, 5.41) is 13.6. The van der Waals surface area contributed by atoms with Crippen molar-refractivity contribution in [2.24, 2.45) is 5.73 Å². The maximum Gasteiger partial charge on any atom is 0.330 e. The van der Waals surface area contributed by atoms with Crippen LogP contribution in [0.4, 0.5) is 0 Å². The van der Waals surface area contributed by atoms with Gasteiger partial charge in [-0.15, -0.1) is 0 Å². The van der Waals surface area contributed by atoms with Gasteiger partial charge in [0.05, 0.1) is 6.04 Å². The number of nitrogens with two attached hydrogens (primary N) is 1. The van der Waals surface area contributed by atoms with Gasteiger partial charge in [0.1, 0.15) is 0 Å². The number of halogens is 1. The number of rotatable bonds is 9. The number of aromatic amines is 1. The lowest BCUT2D eigenvalue weighted by atomic mass is 9.97. The summed E-state index contributed by atoms with van der Waals surface area (Å²) >= 11 is 3.46. The summed E-state index contributed by atoms with van der Waals surface area (Å²) in [6.45, 7) is 0. The minimum atomic E-state index is -1.14. The Bertz CT molecular complexity index is 1600. The molecule has 0 spiro atoms. The Morgan fingerprint density at radius 3 is 2.13 bits per heavy atom. The third-order valence-corrected chi connectivity index (χ3v) is 7.42. The molecule has 1 aromatic heterocycles. The second-order valence-corrected chi connectivity index (χ2v) is 10.3. The standard InChI is InChI=1S/C32H28BrN3O3/c33-24-16-14-22(15-17-24)29(34)31-26(25-8-4-5-9-27(25)35-31)18-19-28(37)36-30(32(38)39)23-12-10-21(11-13-23)20-6-2-1-3-7-20/h1-17,29-30,35H,18-19,34H2,(H,36,37)(H,38,39). The zero-order chi connectivity index (χ0) is 27.4. The first-order chi connectivity index (χ1) is 18.9. The first-order valence-corrected chi connectivity index (χ1v) is 13.5. The van der Waals surface area contributed by atoms with Gasteiger partial charge in [-0.25, -0.2) is 4.79 Å². The van der Waals surface area contributed by atoms with Crippen molar-refractivity contribution < 1.29 is 14.7 Å². The summed E-state index contributed by atoms with van der Waals surface area (Å²) in [5.74, 6) is -1.45. The number of hydrogen-bond donors (Lipinski definition) is 4. The van der Waals surface area contributed by atoms with Gasteiger partial charge in [-0.05, 0) is 52.4 Å². The van der Waals surface area contributed by atoms with Gasteiger partial charge < -0.3 is 21.1 Å². The fourth-order valence-electron chi connectivity index (χ4n) is 4.85. The molecular formula is C32H28BrN3O3. The van der Waals surface area contributed by atoms with Crippen molar-refractivity contribution >= 4 is 38.7 Å². The Kier molecular flexibility index (Phi) is 7.91. The predicted molar refractivity (Wildman–Crippen MR) is 157 cm³/mol. The van der Waals surface area contributed by atoms with E-state index in [2.05, 4.69) is 26.2 Å². The number of hydrogen-bond acceptors (Lipinski definition) is 3. The summed E-state index contributed by atoms with van der Waals surface area (Å²) in [6.07, 6.45) is 0.530. The van der Waals surface area contributed by atoms with Crippen LogP contribution in [-0.2, 0) is 16.0 Å². The number of fused-ring (bicyclic) bond motifs is 1. The molecule has 5 N–H and O–H groups in total. The number of nitrogens with one attached hydrogen (secondary N) is 2. The molecule has 0 fully saturated rings. The summed E-state index contributed by atoms with van der Waals surface area (Å²) in [5.41, 5.74) is 12.9. The summed E-state index contributed by atoms with van der Waals surface area (Å²) in [4.78, 5) is 28.5. The molecule has 1 heterocycles. The SMILES string of the molecule is NC(c1ccc(Br)cc1)c1[nH]c2ccccc2c1CCC(=O)NC(C(=O)O)c1ccc(-c2ccccc2)cc1. The number of carbonyl (C=O) groups is 2. The van der Waals surface area contributed by atoms with Crippen LogP contribution in [0.2, 0.25) is 0 Å². The van der Waals surface area contributed by atoms with Crippen LogP contribution >= 0.6 is 15.9 Å². The van der Waals surface area contributed by atoms with Crippen LogP contribution in [0.25, 0.3) is 22.0 Å². The molecule has 0 aliphatic heterocycles. The molecule has 0 aliphatic rings. The lowest BCUT2D eigenvalue weighted by Crippen LogP contribution is -2.33. The second kappa shape index (κ2) is 11.7. The molecule has 39 heavy (non-hydrogen) atoms. The van der Waals surface area contributed by atoms with Gasteiger partial charge >= 0.3 is 5.97 Å². The van der Waals surface area contributed by atoms with E-state index in [0.29, 0.717) is 12.0 Å². The number of aromatic nitrogens is 1. The maximum absolute atomic E-state index is 13.0. The van der Waals surface area contributed by atoms with E-state index in [9.17, 15) is 14.7 Å². The van der Waals surface area contributed by atoms with Crippen molar-refractivity contribution in [1.82, 2.24) is 10.3 Å². The minimum Gasteiger partial charge on any atom is -0.479 e. The topological polar surface area (TPSA) is 108 Å².